The summed E-state index contributed by atoms with van der Waals surface area (Å²) in [4.78, 5) is 37.9. The van der Waals surface area contributed by atoms with E-state index in [1.54, 1.807) is 12.5 Å². The van der Waals surface area contributed by atoms with Crippen LogP contribution in [0.25, 0.3) is 22.4 Å². The van der Waals surface area contributed by atoms with E-state index < -0.39 is 6.04 Å². The average Bonchev–Trinajstić information content (AvgIpc) is 3.46. The molecule has 1 aliphatic carbocycles. The van der Waals surface area contributed by atoms with E-state index in [0.29, 0.717) is 23.9 Å². The van der Waals surface area contributed by atoms with Crippen LogP contribution in [0.4, 0.5) is 0 Å². The molecule has 0 bridgehead atoms. The molecule has 0 unspecified atom stereocenters. The second kappa shape index (κ2) is 8.12. The van der Waals surface area contributed by atoms with Gasteiger partial charge in [-0.3, -0.25) is 14.8 Å². The van der Waals surface area contributed by atoms with E-state index in [1.807, 2.05) is 47.5 Å². The lowest BCUT2D eigenvalue weighted by molar-refractivity contribution is 0.0636. The Bertz CT molecular complexity index is 1590. The fourth-order valence-corrected chi connectivity index (χ4v) is 5.16. The maximum Gasteiger partial charge on any atom is 0.292 e. The molecule has 2 aliphatic rings. The van der Waals surface area contributed by atoms with Crippen LogP contribution in [0.2, 0.25) is 0 Å². The van der Waals surface area contributed by atoms with Gasteiger partial charge in [-0.05, 0) is 36.4 Å². The van der Waals surface area contributed by atoms with Crippen LogP contribution >= 0.6 is 0 Å². The number of oxazole rings is 1. The molecular formula is C28H24N6O2. The maximum absolute atomic E-state index is 14.2. The van der Waals surface area contributed by atoms with E-state index in [1.165, 1.54) is 0 Å². The Morgan fingerprint density at radius 1 is 1.03 bits per heavy atom. The standard InChI is InChI=1S/C28H24N6O2/c1-16-14-34(28(35)26-23(17-9-10-17)33-27(36-26)20-8-4-5-11-29-20)25(24-22(16)31-15-32-24)21-12-18-6-2-3-7-19(18)13-30-21/h2-8,11-13,15-17,25H,9-10,14H2,1H3,(H,31,32)/t16-,25-/m1/s1. The minimum Gasteiger partial charge on any atom is -0.429 e. The van der Waals surface area contributed by atoms with Gasteiger partial charge >= 0.3 is 0 Å². The molecule has 1 amide bonds. The van der Waals surface area contributed by atoms with Crippen LogP contribution in [0.15, 0.2) is 71.7 Å². The number of nitrogens with one attached hydrogen (secondary N) is 1. The van der Waals surface area contributed by atoms with Crippen molar-refractivity contribution in [2.24, 2.45) is 0 Å². The van der Waals surface area contributed by atoms with Gasteiger partial charge in [-0.25, -0.2) is 9.97 Å². The zero-order valence-corrected chi connectivity index (χ0v) is 19.8. The van der Waals surface area contributed by atoms with Crippen LogP contribution < -0.4 is 0 Å². The second-order valence-corrected chi connectivity index (χ2v) is 9.64. The van der Waals surface area contributed by atoms with Crippen molar-refractivity contribution in [2.75, 3.05) is 6.54 Å². The Morgan fingerprint density at radius 2 is 1.86 bits per heavy atom. The van der Waals surface area contributed by atoms with Crippen LogP contribution in [-0.4, -0.2) is 42.3 Å². The van der Waals surface area contributed by atoms with Gasteiger partial charge in [-0.1, -0.05) is 37.3 Å². The van der Waals surface area contributed by atoms with Crippen molar-refractivity contribution in [3.8, 4) is 11.6 Å². The van der Waals surface area contributed by atoms with Gasteiger partial charge in [-0.2, -0.15) is 0 Å². The molecule has 8 heteroatoms. The van der Waals surface area contributed by atoms with E-state index >= 15 is 0 Å². The van der Waals surface area contributed by atoms with Crippen LogP contribution in [0.1, 0.15) is 71.0 Å². The van der Waals surface area contributed by atoms with Gasteiger partial charge in [0.2, 0.25) is 11.7 Å². The van der Waals surface area contributed by atoms with E-state index in [0.717, 1.165) is 46.4 Å². The summed E-state index contributed by atoms with van der Waals surface area (Å²) in [6, 6.07) is 15.3. The highest BCUT2D eigenvalue weighted by Crippen LogP contribution is 2.44. The molecule has 8 nitrogen and oxygen atoms in total. The zero-order valence-electron chi connectivity index (χ0n) is 19.8. The second-order valence-electron chi connectivity index (χ2n) is 9.64. The number of rotatable bonds is 4. The number of nitrogens with zero attached hydrogens (tertiary/aromatic N) is 5. The normalized spacial score (nSPS) is 19.4. The predicted molar refractivity (Wildman–Crippen MR) is 133 cm³/mol. The van der Waals surface area contributed by atoms with Crippen molar-refractivity contribution in [2.45, 2.75) is 37.6 Å². The SMILES string of the molecule is C[C@@H]1CN(C(=O)c2oc(-c3ccccn3)nc2C2CC2)[C@H](c2cc3ccccc3cn2)c2nc[nH]c21. The van der Waals surface area contributed by atoms with Gasteiger partial charge < -0.3 is 14.3 Å². The van der Waals surface area contributed by atoms with Gasteiger partial charge in [0.05, 0.1) is 23.4 Å². The van der Waals surface area contributed by atoms with E-state index in [4.69, 9.17) is 14.4 Å². The van der Waals surface area contributed by atoms with E-state index in [9.17, 15) is 4.79 Å². The fourth-order valence-electron chi connectivity index (χ4n) is 5.16. The molecule has 0 saturated heterocycles. The van der Waals surface area contributed by atoms with Gasteiger partial charge in [0, 0.05) is 41.9 Å². The van der Waals surface area contributed by atoms with Crippen molar-refractivity contribution in [1.82, 2.24) is 29.8 Å². The Morgan fingerprint density at radius 3 is 2.67 bits per heavy atom. The monoisotopic (exact) mass is 476 g/mol. The number of pyridine rings is 2. The predicted octanol–water partition coefficient (Wildman–Crippen LogP) is 5.23. The van der Waals surface area contributed by atoms with Crippen LogP contribution in [0.5, 0.6) is 0 Å². The molecule has 1 aromatic carbocycles. The van der Waals surface area contributed by atoms with Crippen molar-refractivity contribution in [1.29, 1.82) is 0 Å². The molecule has 0 spiro atoms. The first-order valence-electron chi connectivity index (χ1n) is 12.3. The van der Waals surface area contributed by atoms with Gasteiger partial charge in [-0.15, -0.1) is 0 Å². The van der Waals surface area contributed by atoms with Crippen molar-refractivity contribution in [3.05, 3.63) is 95.8 Å². The molecule has 1 fully saturated rings. The van der Waals surface area contributed by atoms with E-state index in [-0.39, 0.29) is 17.7 Å². The summed E-state index contributed by atoms with van der Waals surface area (Å²) in [5.74, 6) is 0.824. The van der Waals surface area contributed by atoms with Gasteiger partial charge in [0.1, 0.15) is 11.7 Å². The molecule has 0 radical (unpaired) electrons. The Balaban J connectivity index is 1.35. The lowest BCUT2D eigenvalue weighted by Gasteiger charge is -2.37. The lowest BCUT2D eigenvalue weighted by atomic mass is 9.92. The first-order valence-corrected chi connectivity index (χ1v) is 12.3. The number of imidazole rings is 1. The molecule has 1 saturated carbocycles. The zero-order chi connectivity index (χ0) is 24.2. The number of aromatic nitrogens is 5. The molecule has 5 aromatic rings. The lowest BCUT2D eigenvalue weighted by Crippen LogP contribution is -2.42. The Labute approximate surface area is 207 Å². The quantitative estimate of drug-likeness (QED) is 0.381. The third kappa shape index (κ3) is 3.40. The smallest absolute Gasteiger partial charge is 0.292 e. The van der Waals surface area contributed by atoms with Gasteiger partial charge in [0.25, 0.3) is 5.91 Å². The molecule has 2 atom stereocenters. The summed E-state index contributed by atoms with van der Waals surface area (Å²) in [6.07, 6.45) is 7.27. The fraction of sp³-hybridized carbons (Fsp3) is 0.250. The molecule has 1 aliphatic heterocycles. The summed E-state index contributed by atoms with van der Waals surface area (Å²) >= 11 is 0. The third-order valence-electron chi connectivity index (χ3n) is 7.12. The van der Waals surface area contributed by atoms with Crippen LogP contribution in [0.3, 0.4) is 0 Å². The van der Waals surface area contributed by atoms with Crippen LogP contribution in [0, 0.1) is 0 Å². The number of aromatic amines is 1. The molecule has 7 rings (SSSR count). The summed E-state index contributed by atoms with van der Waals surface area (Å²) in [6.45, 7) is 2.61. The number of carbonyl (C=O) groups is 1. The number of fused-ring (bicyclic) bond motifs is 2. The molecule has 4 aromatic heterocycles. The summed E-state index contributed by atoms with van der Waals surface area (Å²) in [5, 5.41) is 2.12. The van der Waals surface area contributed by atoms with Crippen molar-refractivity contribution < 1.29 is 9.21 Å². The highest BCUT2D eigenvalue weighted by atomic mass is 16.4. The highest BCUT2D eigenvalue weighted by molar-refractivity contribution is 5.94. The molecule has 5 heterocycles. The summed E-state index contributed by atoms with van der Waals surface area (Å²) in [7, 11) is 0. The largest absolute Gasteiger partial charge is 0.429 e. The third-order valence-corrected chi connectivity index (χ3v) is 7.12. The molecule has 178 valence electrons. The molecule has 1 N–H and O–H groups in total. The summed E-state index contributed by atoms with van der Waals surface area (Å²) in [5.41, 5.74) is 3.98. The molecule has 36 heavy (non-hydrogen) atoms. The van der Waals surface area contributed by atoms with E-state index in [2.05, 4.69) is 34.0 Å². The number of hydrogen-bond acceptors (Lipinski definition) is 6. The van der Waals surface area contributed by atoms with Crippen LogP contribution in [-0.2, 0) is 0 Å². The first-order chi connectivity index (χ1) is 17.7. The Kier molecular flexibility index (Phi) is 4.73. The number of amides is 1. The Hall–Kier alpha value is -4.33. The topological polar surface area (TPSA) is 101 Å². The number of hydrogen-bond donors (Lipinski definition) is 1. The highest BCUT2D eigenvalue weighted by Gasteiger charge is 2.42. The minimum atomic E-state index is -0.435. The van der Waals surface area contributed by atoms with Crippen molar-refractivity contribution >= 4 is 16.7 Å². The minimum absolute atomic E-state index is 0.0886. The van der Waals surface area contributed by atoms with Crippen molar-refractivity contribution in [3.63, 3.8) is 0 Å². The number of carbonyl (C=O) groups excluding carboxylic acids is 1. The van der Waals surface area contributed by atoms with Gasteiger partial charge in [0.15, 0.2) is 0 Å². The average molecular weight is 477 g/mol. The number of benzene rings is 1. The summed E-state index contributed by atoms with van der Waals surface area (Å²) < 4.78 is 6.16. The number of H-pyrrole nitrogens is 1. The molecular weight excluding hydrogens is 452 g/mol. The maximum atomic E-state index is 14.2. The first kappa shape index (κ1) is 21.0.